The van der Waals surface area contributed by atoms with E-state index in [-0.39, 0.29) is 136 Å². The van der Waals surface area contributed by atoms with Crippen molar-refractivity contribution in [2.45, 2.75) is 9.79 Å². The number of fused-ring (bicyclic) bond motifs is 2. The maximum absolute atomic E-state index is 12.7. The van der Waals surface area contributed by atoms with Gasteiger partial charge < -0.3 is 10.1 Å². The number of nitrogens with zero attached hydrogens (tertiary/aromatic N) is 1. The van der Waals surface area contributed by atoms with E-state index in [1.165, 1.54) is 12.1 Å². The van der Waals surface area contributed by atoms with Crippen LogP contribution in [0.3, 0.4) is 0 Å². The standard InChI is InChI=1S/C16H10N2O8S2.2K/c19-15-9-5-7(27(21,22)23)1-3-11(9)17-13(15)14-16(20)10-6-8(28(24,25)26)2-4-12(10)18-14;;/h1-6,17,19H,(H,21,22,23)(H,24,25,26);;/q;2*+1. The Morgan fingerprint density at radius 2 is 1.43 bits per heavy atom. The minimum absolute atomic E-state index is 0. The number of aromatic hydroxyl groups is 1. The Morgan fingerprint density at radius 3 is 2.03 bits per heavy atom. The van der Waals surface area contributed by atoms with Gasteiger partial charge in [0.05, 0.1) is 21.0 Å². The molecular formula is C16H10K2N2O8S2+2. The predicted octanol–water partition coefficient (Wildman–Crippen LogP) is -4.31. The molecule has 14 heteroatoms. The van der Waals surface area contributed by atoms with Gasteiger partial charge in [-0.15, -0.1) is 0 Å². The second-order valence-corrected chi connectivity index (χ2v) is 8.82. The summed E-state index contributed by atoms with van der Waals surface area (Å²) in [5.41, 5.74) is 0.0255. The molecule has 0 atom stereocenters. The van der Waals surface area contributed by atoms with Crippen LogP contribution in [0.15, 0.2) is 51.2 Å². The van der Waals surface area contributed by atoms with Crippen LogP contribution in [0.25, 0.3) is 10.9 Å². The van der Waals surface area contributed by atoms with Crippen LogP contribution in [0.2, 0.25) is 0 Å². The van der Waals surface area contributed by atoms with Crippen molar-refractivity contribution < 1.29 is 139 Å². The van der Waals surface area contributed by atoms with Gasteiger partial charge >= 0.3 is 103 Å². The van der Waals surface area contributed by atoms with Crippen molar-refractivity contribution in [1.82, 2.24) is 4.98 Å². The Bertz CT molecular complexity index is 1440. The number of hydrogen-bond acceptors (Lipinski definition) is 7. The summed E-state index contributed by atoms with van der Waals surface area (Å²) in [6.07, 6.45) is 0. The smallest absolute Gasteiger partial charge is 0.505 e. The summed E-state index contributed by atoms with van der Waals surface area (Å²) in [6, 6.07) is 6.73. The maximum atomic E-state index is 12.7. The quantitative estimate of drug-likeness (QED) is 0.206. The first-order valence-corrected chi connectivity index (χ1v) is 10.4. The zero-order valence-corrected chi connectivity index (χ0v) is 23.5. The van der Waals surface area contributed by atoms with Gasteiger partial charge in [-0.25, -0.2) is 4.99 Å². The molecule has 0 radical (unpaired) electrons. The molecule has 0 bridgehead atoms. The van der Waals surface area contributed by atoms with Crippen molar-refractivity contribution in [2.75, 3.05) is 0 Å². The fourth-order valence-corrected chi connectivity index (χ4v) is 3.93. The van der Waals surface area contributed by atoms with Gasteiger partial charge in [-0.1, -0.05) is 0 Å². The Morgan fingerprint density at radius 1 is 0.867 bits per heavy atom. The average molecular weight is 501 g/mol. The molecule has 0 amide bonds. The molecule has 0 unspecified atom stereocenters. The Hall–Kier alpha value is 0.213. The van der Waals surface area contributed by atoms with Crippen LogP contribution in [-0.2, 0) is 20.2 Å². The van der Waals surface area contributed by atoms with E-state index in [0.29, 0.717) is 0 Å². The summed E-state index contributed by atoms with van der Waals surface area (Å²) < 4.78 is 63.4. The number of Topliss-reactive ketones (excluding diaryl/α,β-unsaturated/α-hetero) is 1. The number of aliphatic imine (C=N–C) groups is 1. The molecule has 4 N–H and O–H groups in total. The average Bonchev–Trinajstić information content (AvgIpc) is 3.10. The molecule has 0 saturated heterocycles. The van der Waals surface area contributed by atoms with E-state index in [1.807, 2.05) is 0 Å². The summed E-state index contributed by atoms with van der Waals surface area (Å²) in [5.74, 6) is -1.16. The van der Waals surface area contributed by atoms with Crippen LogP contribution < -0.4 is 103 Å². The molecule has 1 aromatic heterocycles. The van der Waals surface area contributed by atoms with Gasteiger partial charge in [-0.2, -0.15) is 16.8 Å². The molecule has 0 spiro atoms. The third-order valence-electron chi connectivity index (χ3n) is 4.24. The number of hydrogen-bond donors (Lipinski definition) is 4. The molecule has 144 valence electrons. The number of aromatic amines is 1. The molecule has 3 aromatic rings. The second kappa shape index (κ2) is 9.22. The normalized spacial score (nSPS) is 13.4. The van der Waals surface area contributed by atoms with Gasteiger partial charge in [-0.05, 0) is 36.4 Å². The molecule has 2 aromatic carbocycles. The van der Waals surface area contributed by atoms with E-state index >= 15 is 0 Å². The van der Waals surface area contributed by atoms with Gasteiger partial charge in [0.1, 0.15) is 11.4 Å². The van der Waals surface area contributed by atoms with E-state index in [9.17, 15) is 26.7 Å². The van der Waals surface area contributed by atoms with Gasteiger partial charge in [-0.3, -0.25) is 13.9 Å². The fourth-order valence-electron chi connectivity index (χ4n) is 2.91. The fraction of sp³-hybridized carbons (Fsp3) is 0. The van der Waals surface area contributed by atoms with Crippen molar-refractivity contribution in [1.29, 1.82) is 0 Å². The monoisotopic (exact) mass is 500 g/mol. The van der Waals surface area contributed by atoms with Gasteiger partial charge in [0.15, 0.2) is 5.75 Å². The van der Waals surface area contributed by atoms with Crippen LogP contribution >= 0.6 is 0 Å². The number of aromatic nitrogens is 1. The third-order valence-corrected chi connectivity index (χ3v) is 5.93. The number of benzene rings is 2. The summed E-state index contributed by atoms with van der Waals surface area (Å²) in [7, 11) is -9.02. The van der Waals surface area contributed by atoms with Crippen molar-refractivity contribution in [2.24, 2.45) is 4.99 Å². The van der Waals surface area contributed by atoms with E-state index in [4.69, 9.17) is 9.11 Å². The molecule has 1 aliphatic rings. The summed E-state index contributed by atoms with van der Waals surface area (Å²) in [5, 5.41) is 10.5. The largest absolute Gasteiger partial charge is 1.00 e. The van der Waals surface area contributed by atoms with Crippen molar-refractivity contribution >= 4 is 48.3 Å². The van der Waals surface area contributed by atoms with Crippen molar-refractivity contribution in [3.8, 4) is 5.75 Å². The number of nitrogens with one attached hydrogen (secondary N) is 1. The molecule has 30 heavy (non-hydrogen) atoms. The molecular weight excluding hydrogens is 491 g/mol. The number of ketones is 1. The molecule has 0 saturated carbocycles. The zero-order chi connectivity index (χ0) is 20.4. The van der Waals surface area contributed by atoms with Crippen molar-refractivity contribution in [3.63, 3.8) is 0 Å². The molecule has 1 aliphatic heterocycles. The first-order valence-electron chi connectivity index (χ1n) is 7.54. The van der Waals surface area contributed by atoms with Gasteiger partial charge in [0.2, 0.25) is 5.78 Å². The summed E-state index contributed by atoms with van der Waals surface area (Å²) in [6.45, 7) is 0. The minimum atomic E-state index is -4.52. The van der Waals surface area contributed by atoms with Crippen LogP contribution in [0.5, 0.6) is 5.75 Å². The van der Waals surface area contributed by atoms with E-state index in [0.717, 1.165) is 24.3 Å². The number of rotatable bonds is 3. The molecule has 2 heterocycles. The maximum Gasteiger partial charge on any atom is 1.00 e. The van der Waals surface area contributed by atoms with Gasteiger partial charge in [0, 0.05) is 10.9 Å². The molecule has 4 rings (SSSR count). The van der Waals surface area contributed by atoms with Crippen LogP contribution in [0.1, 0.15) is 16.1 Å². The Labute approximate surface area is 255 Å². The number of carbonyl (C=O) groups is 1. The van der Waals surface area contributed by atoms with Gasteiger partial charge in [0.25, 0.3) is 20.2 Å². The molecule has 0 aliphatic carbocycles. The molecule has 0 fully saturated rings. The zero-order valence-electron chi connectivity index (χ0n) is 15.6. The van der Waals surface area contributed by atoms with E-state index in [2.05, 4.69) is 9.98 Å². The van der Waals surface area contributed by atoms with Crippen LogP contribution in [0, 0.1) is 0 Å². The van der Waals surface area contributed by atoms with E-state index in [1.54, 1.807) is 0 Å². The topological polar surface area (TPSA) is 174 Å². The Kier molecular flexibility index (Phi) is 8.14. The number of carbonyl (C=O) groups excluding carboxylic acids is 1. The second-order valence-electron chi connectivity index (χ2n) is 5.97. The van der Waals surface area contributed by atoms with E-state index < -0.39 is 41.6 Å². The number of H-pyrrole nitrogens is 1. The van der Waals surface area contributed by atoms with Crippen molar-refractivity contribution in [3.05, 3.63) is 47.7 Å². The first-order chi connectivity index (χ1) is 13.0. The van der Waals surface area contributed by atoms with Crippen LogP contribution in [0.4, 0.5) is 5.69 Å². The SMILES string of the molecule is O=C1C(c2[nH]c3ccc(S(=O)(=O)O)cc3c2O)=Nc2ccc(S(=O)(=O)O)cc21.[K+].[K+]. The summed E-state index contributed by atoms with van der Waals surface area (Å²) in [4.78, 5) is 18.6. The third kappa shape index (κ3) is 4.77. The first kappa shape index (κ1) is 26.5. The Balaban J connectivity index is 0.00000160. The predicted molar refractivity (Wildman–Crippen MR) is 96.6 cm³/mol. The minimum Gasteiger partial charge on any atom is -0.505 e. The summed E-state index contributed by atoms with van der Waals surface area (Å²) >= 11 is 0. The van der Waals surface area contributed by atoms with Crippen LogP contribution in [-0.4, -0.2) is 47.5 Å². The molecule has 10 nitrogen and oxygen atoms in total.